The van der Waals surface area contributed by atoms with Crippen molar-refractivity contribution in [3.05, 3.63) is 41.0 Å². The van der Waals surface area contributed by atoms with Crippen molar-refractivity contribution in [2.24, 2.45) is 7.05 Å². The summed E-state index contributed by atoms with van der Waals surface area (Å²) in [5.41, 5.74) is 1.45. The Morgan fingerprint density at radius 1 is 0.750 bits per heavy atom. The zero-order valence-corrected chi connectivity index (χ0v) is 19.4. The molecule has 1 aliphatic heterocycles. The summed E-state index contributed by atoms with van der Waals surface area (Å²) in [6.07, 6.45) is -1.35. The molecule has 0 unspecified atom stereocenters. The van der Waals surface area contributed by atoms with E-state index in [0.29, 0.717) is 11.2 Å². The van der Waals surface area contributed by atoms with Gasteiger partial charge in [-0.3, -0.25) is 0 Å². The highest BCUT2D eigenvalue weighted by atomic mass is 16.6. The smallest absolute Gasteiger partial charge is 0.341 e. The molecule has 8 nitrogen and oxygen atoms in total. The number of fused-ring (bicyclic) bond motifs is 2. The fourth-order valence-corrected chi connectivity index (χ4v) is 3.54. The van der Waals surface area contributed by atoms with Crippen LogP contribution in [0.25, 0.3) is 22.4 Å². The third-order valence-corrected chi connectivity index (χ3v) is 4.65. The Morgan fingerprint density at radius 3 is 1.75 bits per heavy atom. The van der Waals surface area contributed by atoms with Crippen LogP contribution in [0, 0.1) is 0 Å². The maximum Gasteiger partial charge on any atom is 0.341 e. The third kappa shape index (κ3) is 4.30. The lowest BCUT2D eigenvalue weighted by Crippen LogP contribution is -2.21. The van der Waals surface area contributed by atoms with Gasteiger partial charge >= 0.3 is 17.9 Å². The summed E-state index contributed by atoms with van der Waals surface area (Å²) in [4.78, 5) is 44.2. The lowest BCUT2D eigenvalue weighted by molar-refractivity contribution is 0.0311. The molecule has 1 aromatic rings. The summed E-state index contributed by atoms with van der Waals surface area (Å²) >= 11 is 0. The number of aromatic nitrogens is 2. The molecule has 0 bridgehead atoms. The summed E-state index contributed by atoms with van der Waals surface area (Å²) < 4.78 is 18.0. The van der Waals surface area contributed by atoms with Crippen molar-refractivity contribution in [2.75, 3.05) is 0 Å². The van der Waals surface area contributed by atoms with Crippen molar-refractivity contribution >= 4 is 28.9 Å². The number of aryl methyl sites for hydroxylation is 1. The standard InChI is InChI=1S/C24H28N2O6/c1-12(2)30-22(27)17-18(23(28)31-13(3)4)20-21(19(17)24(29)32-14(5)6)26(7)16-11-9-8-10-15(16)25-20/h8-14H,1-7H3. The Hall–Kier alpha value is -3.42. The summed E-state index contributed by atoms with van der Waals surface area (Å²) in [5, 5.41) is 0. The van der Waals surface area contributed by atoms with Gasteiger partial charge in [0.25, 0.3) is 0 Å². The normalized spacial score (nSPS) is 11.6. The molecule has 0 amide bonds. The van der Waals surface area contributed by atoms with Gasteiger partial charge in [0.15, 0.2) is 0 Å². The van der Waals surface area contributed by atoms with Crippen molar-refractivity contribution in [1.82, 2.24) is 9.55 Å². The molecule has 2 aliphatic rings. The maximum absolute atomic E-state index is 13.2. The number of ether oxygens (including phenoxy) is 3. The van der Waals surface area contributed by atoms with E-state index in [2.05, 4.69) is 4.98 Å². The van der Waals surface area contributed by atoms with E-state index < -0.39 is 36.2 Å². The monoisotopic (exact) mass is 440 g/mol. The van der Waals surface area contributed by atoms with Gasteiger partial charge in [0, 0.05) is 7.05 Å². The van der Waals surface area contributed by atoms with Crippen molar-refractivity contribution in [3.8, 4) is 11.4 Å². The first-order valence-corrected chi connectivity index (χ1v) is 10.6. The number of hydrogen-bond acceptors (Lipinski definition) is 7. The van der Waals surface area contributed by atoms with Crippen LogP contribution in [-0.2, 0) is 21.3 Å². The SMILES string of the molecule is CC(C)OC(=O)c1c2nc3ccccc3n(C)c-2c(C(=O)OC(C)C)c1C(=O)OC(C)C. The average Bonchev–Trinajstić information content (AvgIpc) is 3.02. The van der Waals surface area contributed by atoms with Gasteiger partial charge in [-0.05, 0) is 53.7 Å². The van der Waals surface area contributed by atoms with E-state index in [1.165, 1.54) is 0 Å². The zero-order valence-electron chi connectivity index (χ0n) is 19.4. The van der Waals surface area contributed by atoms with Crippen LogP contribution in [0.15, 0.2) is 24.3 Å². The van der Waals surface area contributed by atoms with Gasteiger partial charge in [0.2, 0.25) is 0 Å². The van der Waals surface area contributed by atoms with Gasteiger partial charge in [0.1, 0.15) is 16.8 Å². The molecule has 0 spiro atoms. The summed E-state index contributed by atoms with van der Waals surface area (Å²) in [7, 11) is 1.74. The number of carbonyl (C=O) groups excluding carboxylic acids is 3. The Balaban J connectivity index is 2.47. The molecular formula is C24H28N2O6. The highest BCUT2D eigenvalue weighted by Crippen LogP contribution is 2.39. The molecule has 1 heterocycles. The maximum atomic E-state index is 13.2. The molecule has 0 atom stereocenters. The first-order chi connectivity index (χ1) is 15.0. The number of para-hydroxylation sites is 2. The zero-order chi connectivity index (χ0) is 23.7. The van der Waals surface area contributed by atoms with E-state index in [4.69, 9.17) is 14.2 Å². The number of benzene rings is 1. The van der Waals surface area contributed by atoms with Crippen LogP contribution < -0.4 is 0 Å². The lowest BCUT2D eigenvalue weighted by atomic mass is 10.1. The predicted octanol–water partition coefficient (Wildman–Crippen LogP) is 4.37. The van der Waals surface area contributed by atoms with Gasteiger partial charge in [-0.15, -0.1) is 0 Å². The first kappa shape index (κ1) is 23.2. The second-order valence-corrected chi connectivity index (χ2v) is 8.34. The number of rotatable bonds is 6. The summed E-state index contributed by atoms with van der Waals surface area (Å²) in [6.45, 7) is 10.2. The second kappa shape index (κ2) is 8.98. The van der Waals surface area contributed by atoms with Gasteiger partial charge in [0.05, 0.1) is 40.6 Å². The van der Waals surface area contributed by atoms with E-state index in [1.807, 2.05) is 18.2 Å². The highest BCUT2D eigenvalue weighted by Gasteiger charge is 2.40. The quantitative estimate of drug-likeness (QED) is 0.415. The molecule has 32 heavy (non-hydrogen) atoms. The van der Waals surface area contributed by atoms with E-state index in [0.717, 1.165) is 5.52 Å². The molecule has 0 aromatic heterocycles. The van der Waals surface area contributed by atoms with Crippen LogP contribution in [-0.4, -0.2) is 45.8 Å². The largest absolute Gasteiger partial charge is 0.459 e. The fraction of sp³-hybridized carbons (Fsp3) is 0.417. The molecule has 3 rings (SSSR count). The van der Waals surface area contributed by atoms with E-state index in [-0.39, 0.29) is 22.4 Å². The molecule has 0 saturated heterocycles. The van der Waals surface area contributed by atoms with E-state index in [1.54, 1.807) is 59.2 Å². The molecule has 170 valence electrons. The summed E-state index contributed by atoms with van der Waals surface area (Å²) in [6, 6.07) is 7.28. The van der Waals surface area contributed by atoms with E-state index >= 15 is 0 Å². The van der Waals surface area contributed by atoms with E-state index in [9.17, 15) is 14.4 Å². The third-order valence-electron chi connectivity index (χ3n) is 4.65. The van der Waals surface area contributed by atoms with Crippen molar-refractivity contribution < 1.29 is 28.6 Å². The summed E-state index contributed by atoms with van der Waals surface area (Å²) in [5.74, 6) is -2.31. The first-order valence-electron chi connectivity index (χ1n) is 10.6. The number of nitrogens with zero attached hydrogens (tertiary/aromatic N) is 2. The molecular weight excluding hydrogens is 412 g/mol. The van der Waals surface area contributed by atoms with Crippen LogP contribution in [0.5, 0.6) is 0 Å². The molecule has 0 saturated carbocycles. The average molecular weight is 440 g/mol. The van der Waals surface area contributed by atoms with Crippen molar-refractivity contribution in [3.63, 3.8) is 0 Å². The second-order valence-electron chi connectivity index (χ2n) is 8.34. The van der Waals surface area contributed by atoms with Gasteiger partial charge < -0.3 is 18.8 Å². The van der Waals surface area contributed by atoms with Gasteiger partial charge in [-0.1, -0.05) is 12.1 Å². The molecule has 0 fully saturated rings. The lowest BCUT2D eigenvalue weighted by Gasteiger charge is -2.15. The van der Waals surface area contributed by atoms with Crippen LogP contribution in [0.4, 0.5) is 0 Å². The Morgan fingerprint density at radius 2 is 1.22 bits per heavy atom. The Labute approximate surface area is 186 Å². The molecule has 1 aliphatic carbocycles. The molecule has 0 radical (unpaired) electrons. The van der Waals surface area contributed by atoms with Crippen molar-refractivity contribution in [2.45, 2.75) is 59.9 Å². The molecule has 0 N–H and O–H groups in total. The van der Waals surface area contributed by atoms with Crippen molar-refractivity contribution in [1.29, 1.82) is 0 Å². The van der Waals surface area contributed by atoms with Crippen LogP contribution in [0.1, 0.15) is 72.6 Å². The topological polar surface area (TPSA) is 96.7 Å². The van der Waals surface area contributed by atoms with Gasteiger partial charge in [-0.25, -0.2) is 19.4 Å². The minimum absolute atomic E-state index is 0.0594. The predicted molar refractivity (Wildman–Crippen MR) is 119 cm³/mol. The molecule has 8 heteroatoms. The molecule has 1 aromatic carbocycles. The van der Waals surface area contributed by atoms with Gasteiger partial charge in [-0.2, -0.15) is 0 Å². The van der Waals surface area contributed by atoms with Crippen LogP contribution >= 0.6 is 0 Å². The minimum atomic E-state index is -0.812. The fourth-order valence-electron chi connectivity index (χ4n) is 3.54. The Kier molecular flexibility index (Phi) is 6.52. The highest BCUT2D eigenvalue weighted by molar-refractivity contribution is 6.18. The van der Waals surface area contributed by atoms with Crippen LogP contribution in [0.3, 0.4) is 0 Å². The number of esters is 3. The Bertz CT molecular complexity index is 1160. The number of carbonyl (C=O) groups is 3. The minimum Gasteiger partial charge on any atom is -0.459 e. The van der Waals surface area contributed by atoms with Crippen LogP contribution in [0.2, 0.25) is 0 Å². The number of hydrogen-bond donors (Lipinski definition) is 0.